The Kier molecular flexibility index (Phi) is 1.59. The van der Waals surface area contributed by atoms with Crippen molar-refractivity contribution in [3.63, 3.8) is 0 Å². The molecular formula is C8H4ClNO2. The zero-order valence-corrected chi connectivity index (χ0v) is 6.71. The topological polar surface area (TPSA) is 43.1 Å². The highest BCUT2D eigenvalue weighted by Gasteiger charge is 2.01. The van der Waals surface area contributed by atoms with Crippen LogP contribution in [-0.4, -0.2) is 4.98 Å². The van der Waals surface area contributed by atoms with E-state index < -0.39 is 5.63 Å². The molecule has 0 radical (unpaired) electrons. The van der Waals surface area contributed by atoms with Crippen molar-refractivity contribution in [2.45, 2.75) is 0 Å². The number of aromatic nitrogens is 1. The Labute approximate surface area is 72.6 Å². The van der Waals surface area contributed by atoms with Crippen molar-refractivity contribution in [2.24, 2.45) is 0 Å². The van der Waals surface area contributed by atoms with E-state index in [9.17, 15) is 4.79 Å². The maximum absolute atomic E-state index is 10.9. The van der Waals surface area contributed by atoms with E-state index in [1.54, 1.807) is 24.3 Å². The molecule has 0 aliphatic rings. The van der Waals surface area contributed by atoms with Gasteiger partial charge in [0, 0.05) is 0 Å². The molecule has 0 amide bonds. The lowest BCUT2D eigenvalue weighted by Gasteiger charge is -1.93. The van der Waals surface area contributed by atoms with Crippen LogP contribution in [-0.2, 0) is 0 Å². The standard InChI is InChI=1S/C8H4ClNO2/c9-7-8(11)12-6-4-2-1-3-5(6)10-7/h1-4H. The summed E-state index contributed by atoms with van der Waals surface area (Å²) >= 11 is 5.47. The first-order valence-corrected chi connectivity index (χ1v) is 3.70. The normalized spacial score (nSPS) is 10.4. The zero-order valence-electron chi connectivity index (χ0n) is 5.95. The Bertz CT molecular complexity index is 478. The van der Waals surface area contributed by atoms with Gasteiger partial charge in [0.25, 0.3) is 0 Å². The summed E-state index contributed by atoms with van der Waals surface area (Å²) in [5.74, 6) is 0. The van der Waals surface area contributed by atoms with E-state index in [0.29, 0.717) is 11.1 Å². The van der Waals surface area contributed by atoms with Crippen molar-refractivity contribution in [1.82, 2.24) is 4.98 Å². The second-order valence-corrected chi connectivity index (χ2v) is 2.62. The van der Waals surface area contributed by atoms with Gasteiger partial charge >= 0.3 is 5.63 Å². The quantitative estimate of drug-likeness (QED) is 0.623. The SMILES string of the molecule is O=c1oc2ccccc2nc1Cl. The number of nitrogens with zero attached hydrogens (tertiary/aromatic N) is 1. The van der Waals surface area contributed by atoms with Crippen molar-refractivity contribution >= 4 is 22.7 Å². The number of para-hydroxylation sites is 2. The van der Waals surface area contributed by atoms with Gasteiger partial charge in [0.1, 0.15) is 5.52 Å². The van der Waals surface area contributed by atoms with Gasteiger partial charge in [0.2, 0.25) is 5.15 Å². The van der Waals surface area contributed by atoms with Crippen molar-refractivity contribution < 1.29 is 4.42 Å². The summed E-state index contributed by atoms with van der Waals surface area (Å²) in [4.78, 5) is 14.7. The number of benzene rings is 1. The van der Waals surface area contributed by atoms with E-state index >= 15 is 0 Å². The number of hydrogen-bond donors (Lipinski definition) is 0. The molecule has 1 aromatic carbocycles. The molecule has 0 saturated carbocycles. The van der Waals surface area contributed by atoms with Gasteiger partial charge in [-0.15, -0.1) is 0 Å². The van der Waals surface area contributed by atoms with Crippen molar-refractivity contribution in [2.75, 3.05) is 0 Å². The molecule has 0 saturated heterocycles. The highest BCUT2D eigenvalue weighted by Crippen LogP contribution is 2.10. The molecule has 0 unspecified atom stereocenters. The van der Waals surface area contributed by atoms with Crippen LogP contribution in [0.15, 0.2) is 33.5 Å². The largest absolute Gasteiger partial charge is 0.419 e. The molecule has 1 heterocycles. The first kappa shape index (κ1) is 7.31. The lowest BCUT2D eigenvalue weighted by atomic mass is 10.3. The number of fused-ring (bicyclic) bond motifs is 1. The maximum atomic E-state index is 10.9. The van der Waals surface area contributed by atoms with E-state index in [2.05, 4.69) is 4.98 Å². The fourth-order valence-electron chi connectivity index (χ4n) is 0.929. The minimum absolute atomic E-state index is 0.131. The summed E-state index contributed by atoms with van der Waals surface area (Å²) in [5.41, 5.74) is 0.435. The van der Waals surface area contributed by atoms with Crippen LogP contribution in [0.5, 0.6) is 0 Å². The summed E-state index contributed by atoms with van der Waals surface area (Å²) in [6, 6.07) is 6.96. The Hall–Kier alpha value is -1.35. The third-order valence-electron chi connectivity index (χ3n) is 1.45. The van der Waals surface area contributed by atoms with Gasteiger partial charge in [-0.1, -0.05) is 23.7 Å². The molecule has 12 heavy (non-hydrogen) atoms. The molecule has 1 aromatic heterocycles. The molecule has 2 aromatic rings. The van der Waals surface area contributed by atoms with Crippen LogP contribution in [0, 0.1) is 0 Å². The second-order valence-electron chi connectivity index (χ2n) is 2.26. The van der Waals surface area contributed by atoms with E-state index in [1.165, 1.54) is 0 Å². The summed E-state index contributed by atoms with van der Waals surface area (Å²) in [6.07, 6.45) is 0. The molecule has 2 rings (SSSR count). The van der Waals surface area contributed by atoms with Gasteiger partial charge < -0.3 is 4.42 Å². The number of rotatable bonds is 0. The van der Waals surface area contributed by atoms with Gasteiger partial charge in [-0.25, -0.2) is 9.78 Å². The van der Waals surface area contributed by atoms with Crippen LogP contribution in [0.4, 0.5) is 0 Å². The van der Waals surface area contributed by atoms with E-state index in [1.807, 2.05) is 0 Å². The summed E-state index contributed by atoms with van der Waals surface area (Å²) in [7, 11) is 0. The molecule has 3 nitrogen and oxygen atoms in total. The molecular weight excluding hydrogens is 178 g/mol. The van der Waals surface area contributed by atoms with Gasteiger partial charge in [-0.3, -0.25) is 0 Å². The second kappa shape index (κ2) is 2.60. The molecule has 0 fully saturated rings. The molecule has 0 aliphatic carbocycles. The predicted octanol–water partition coefficient (Wildman–Crippen LogP) is 1.84. The van der Waals surface area contributed by atoms with Crippen LogP contribution < -0.4 is 5.63 Å². The van der Waals surface area contributed by atoms with E-state index in [4.69, 9.17) is 16.0 Å². The summed E-state index contributed by atoms with van der Waals surface area (Å²) in [5, 5.41) is -0.131. The molecule has 0 atom stereocenters. The van der Waals surface area contributed by atoms with Crippen molar-refractivity contribution in [1.29, 1.82) is 0 Å². The third-order valence-corrected chi connectivity index (χ3v) is 1.69. The van der Waals surface area contributed by atoms with E-state index in [-0.39, 0.29) is 5.15 Å². The summed E-state index contributed by atoms with van der Waals surface area (Å²) < 4.78 is 4.84. The minimum atomic E-state index is -0.602. The fourth-order valence-corrected chi connectivity index (χ4v) is 1.06. The Balaban J connectivity index is 2.93. The van der Waals surface area contributed by atoms with Crippen LogP contribution >= 0.6 is 11.6 Å². The zero-order chi connectivity index (χ0) is 8.55. The van der Waals surface area contributed by atoms with Crippen molar-refractivity contribution in [3.8, 4) is 0 Å². The van der Waals surface area contributed by atoms with Crippen LogP contribution in [0.2, 0.25) is 5.15 Å². The van der Waals surface area contributed by atoms with E-state index in [0.717, 1.165) is 0 Å². The average Bonchev–Trinajstić information content (AvgIpc) is 2.07. The molecule has 0 bridgehead atoms. The molecule has 0 aliphatic heterocycles. The Morgan fingerprint density at radius 3 is 2.92 bits per heavy atom. The highest BCUT2D eigenvalue weighted by molar-refractivity contribution is 6.29. The monoisotopic (exact) mass is 181 g/mol. The molecule has 0 N–H and O–H groups in total. The molecule has 0 spiro atoms. The first-order chi connectivity index (χ1) is 5.77. The van der Waals surface area contributed by atoms with Gasteiger partial charge in [0.05, 0.1) is 0 Å². The predicted molar refractivity (Wildman–Crippen MR) is 45.3 cm³/mol. The maximum Gasteiger partial charge on any atom is 0.374 e. The van der Waals surface area contributed by atoms with Crippen molar-refractivity contribution in [3.05, 3.63) is 39.8 Å². The van der Waals surface area contributed by atoms with Gasteiger partial charge in [-0.2, -0.15) is 0 Å². The van der Waals surface area contributed by atoms with Gasteiger partial charge in [0.15, 0.2) is 5.58 Å². The van der Waals surface area contributed by atoms with Crippen LogP contribution in [0.3, 0.4) is 0 Å². The average molecular weight is 182 g/mol. The third kappa shape index (κ3) is 1.08. The van der Waals surface area contributed by atoms with Gasteiger partial charge in [-0.05, 0) is 12.1 Å². The smallest absolute Gasteiger partial charge is 0.374 e. The van der Waals surface area contributed by atoms with Crippen LogP contribution in [0.25, 0.3) is 11.1 Å². The minimum Gasteiger partial charge on any atom is -0.419 e. The summed E-state index contributed by atoms with van der Waals surface area (Å²) in [6.45, 7) is 0. The Morgan fingerprint density at radius 1 is 1.33 bits per heavy atom. The lowest BCUT2D eigenvalue weighted by Crippen LogP contribution is -2.01. The first-order valence-electron chi connectivity index (χ1n) is 3.33. The lowest BCUT2D eigenvalue weighted by molar-refractivity contribution is 0.555. The van der Waals surface area contributed by atoms with Crippen LogP contribution in [0.1, 0.15) is 0 Å². The number of halogens is 1. The fraction of sp³-hybridized carbons (Fsp3) is 0. The molecule has 4 heteroatoms. The number of hydrogen-bond acceptors (Lipinski definition) is 3. The Morgan fingerprint density at radius 2 is 2.08 bits per heavy atom. The highest BCUT2D eigenvalue weighted by atomic mass is 35.5. The molecule has 60 valence electrons.